The molecule has 2 heterocycles. The lowest BCUT2D eigenvalue weighted by atomic mass is 9.92. The summed E-state index contributed by atoms with van der Waals surface area (Å²) in [5.74, 6) is 0.686. The number of carbonyl (C=O) groups excluding carboxylic acids is 1. The topological polar surface area (TPSA) is 62.2 Å². The first-order valence-electron chi connectivity index (χ1n) is 10.1. The number of aliphatic hydroxyl groups is 1. The van der Waals surface area contributed by atoms with Crippen LogP contribution in [0.3, 0.4) is 0 Å². The Morgan fingerprint density at radius 1 is 1.10 bits per heavy atom. The van der Waals surface area contributed by atoms with Gasteiger partial charge in [-0.2, -0.15) is 0 Å². The van der Waals surface area contributed by atoms with Crippen LogP contribution in [0.2, 0.25) is 0 Å². The van der Waals surface area contributed by atoms with Crippen molar-refractivity contribution in [2.75, 3.05) is 51.4 Å². The molecule has 0 saturated carbocycles. The smallest absolute Gasteiger partial charge is 0.254 e. The summed E-state index contributed by atoms with van der Waals surface area (Å²) in [4.78, 5) is 17.1. The van der Waals surface area contributed by atoms with E-state index >= 15 is 0 Å². The molecule has 0 bridgehead atoms. The second-order valence-corrected chi connectivity index (χ2v) is 7.86. The Labute approximate surface area is 171 Å². The van der Waals surface area contributed by atoms with E-state index in [1.165, 1.54) is 0 Å². The normalized spacial score (nSPS) is 22.0. The second kappa shape index (κ2) is 8.05. The lowest BCUT2D eigenvalue weighted by Gasteiger charge is -2.30. The predicted octanol–water partition coefficient (Wildman–Crippen LogP) is 2.57. The number of methoxy groups -OCH3 is 1. The Morgan fingerprint density at radius 2 is 1.83 bits per heavy atom. The third-order valence-electron chi connectivity index (χ3n) is 5.90. The molecule has 1 N–H and O–H groups in total. The highest BCUT2D eigenvalue weighted by Gasteiger charge is 2.40. The molecule has 154 valence electrons. The van der Waals surface area contributed by atoms with Crippen molar-refractivity contribution in [3.05, 3.63) is 59.2 Å². The molecule has 2 aliphatic rings. The van der Waals surface area contributed by atoms with Gasteiger partial charge in [0.1, 0.15) is 11.4 Å². The van der Waals surface area contributed by atoms with Gasteiger partial charge >= 0.3 is 0 Å². The first-order valence-corrected chi connectivity index (χ1v) is 10.1. The van der Waals surface area contributed by atoms with Crippen molar-refractivity contribution in [2.45, 2.75) is 18.9 Å². The number of likely N-dealkylation sites (tertiary alicyclic amines) is 1. The maximum Gasteiger partial charge on any atom is 0.254 e. The molecule has 1 amide bonds. The Hall–Kier alpha value is -2.57. The van der Waals surface area contributed by atoms with E-state index in [-0.39, 0.29) is 5.91 Å². The van der Waals surface area contributed by atoms with E-state index in [1.807, 2.05) is 43.3 Å². The summed E-state index contributed by atoms with van der Waals surface area (Å²) in [7, 11) is 1.64. The lowest BCUT2D eigenvalue weighted by molar-refractivity contribution is 0.0417. The highest BCUT2D eigenvalue weighted by molar-refractivity contribution is 5.96. The zero-order valence-corrected chi connectivity index (χ0v) is 17.1. The van der Waals surface area contributed by atoms with Crippen LogP contribution < -0.4 is 9.64 Å². The van der Waals surface area contributed by atoms with Crippen molar-refractivity contribution < 1.29 is 19.4 Å². The molecule has 2 fully saturated rings. The number of β-amino-alcohol motifs (C(OH)–C–C–N with tert-alkyl or cyclic N) is 1. The maximum absolute atomic E-state index is 13.2. The Kier molecular flexibility index (Phi) is 5.48. The number of rotatable bonds is 4. The third-order valence-corrected chi connectivity index (χ3v) is 5.90. The van der Waals surface area contributed by atoms with E-state index in [0.29, 0.717) is 38.3 Å². The molecule has 29 heavy (non-hydrogen) atoms. The van der Waals surface area contributed by atoms with Crippen LogP contribution in [0.1, 0.15) is 27.9 Å². The molecule has 1 atom stereocenters. The van der Waals surface area contributed by atoms with Gasteiger partial charge in [-0.25, -0.2) is 0 Å². The van der Waals surface area contributed by atoms with Gasteiger partial charge < -0.3 is 24.4 Å². The van der Waals surface area contributed by atoms with Gasteiger partial charge in [-0.1, -0.05) is 29.8 Å². The van der Waals surface area contributed by atoms with Gasteiger partial charge in [-0.15, -0.1) is 0 Å². The van der Waals surface area contributed by atoms with Crippen molar-refractivity contribution in [3.8, 4) is 5.75 Å². The van der Waals surface area contributed by atoms with Crippen LogP contribution in [0.5, 0.6) is 5.75 Å². The summed E-state index contributed by atoms with van der Waals surface area (Å²) in [6.45, 7) is 5.72. The third kappa shape index (κ3) is 3.95. The summed E-state index contributed by atoms with van der Waals surface area (Å²) >= 11 is 0. The highest BCUT2D eigenvalue weighted by atomic mass is 16.5. The quantitative estimate of drug-likeness (QED) is 0.861. The van der Waals surface area contributed by atoms with E-state index in [2.05, 4.69) is 4.90 Å². The number of anilines is 1. The summed E-state index contributed by atoms with van der Waals surface area (Å²) in [6, 6.07) is 13.4. The average molecular weight is 396 g/mol. The summed E-state index contributed by atoms with van der Waals surface area (Å²) in [6.07, 6.45) is 0.536. The van der Waals surface area contributed by atoms with Gasteiger partial charge in [0.25, 0.3) is 5.91 Å². The van der Waals surface area contributed by atoms with Crippen molar-refractivity contribution in [2.24, 2.45) is 0 Å². The Balaban J connectivity index is 1.54. The van der Waals surface area contributed by atoms with Gasteiger partial charge in [0.2, 0.25) is 0 Å². The minimum absolute atomic E-state index is 0.0646. The fourth-order valence-corrected chi connectivity index (χ4v) is 4.12. The van der Waals surface area contributed by atoms with Crippen LogP contribution in [0.25, 0.3) is 0 Å². The number of amides is 1. The van der Waals surface area contributed by atoms with Crippen LogP contribution in [-0.2, 0) is 10.3 Å². The van der Waals surface area contributed by atoms with E-state index in [1.54, 1.807) is 18.1 Å². The fourth-order valence-electron chi connectivity index (χ4n) is 4.12. The van der Waals surface area contributed by atoms with Crippen molar-refractivity contribution in [3.63, 3.8) is 0 Å². The molecule has 0 radical (unpaired) electrons. The van der Waals surface area contributed by atoms with Gasteiger partial charge in [-0.05, 0) is 37.1 Å². The maximum atomic E-state index is 13.2. The number of hydrogen-bond acceptors (Lipinski definition) is 5. The fraction of sp³-hybridized carbons (Fsp3) is 0.435. The first-order chi connectivity index (χ1) is 14.0. The van der Waals surface area contributed by atoms with Gasteiger partial charge in [0.15, 0.2) is 0 Å². The molecule has 0 spiro atoms. The van der Waals surface area contributed by atoms with Crippen molar-refractivity contribution >= 4 is 11.6 Å². The predicted molar refractivity (Wildman–Crippen MR) is 112 cm³/mol. The summed E-state index contributed by atoms with van der Waals surface area (Å²) in [5, 5.41) is 11.1. The molecule has 2 aliphatic heterocycles. The molecule has 4 rings (SSSR count). The Bertz CT molecular complexity index is 877. The van der Waals surface area contributed by atoms with Crippen LogP contribution in [0.4, 0.5) is 5.69 Å². The molecular weight excluding hydrogens is 368 g/mol. The molecule has 6 nitrogen and oxygen atoms in total. The molecule has 2 aromatic carbocycles. The van der Waals surface area contributed by atoms with E-state index in [9.17, 15) is 9.90 Å². The van der Waals surface area contributed by atoms with Crippen molar-refractivity contribution in [1.82, 2.24) is 4.90 Å². The number of hydrogen-bond donors (Lipinski definition) is 1. The van der Waals surface area contributed by atoms with Crippen LogP contribution in [0.15, 0.2) is 42.5 Å². The molecule has 1 unspecified atom stereocenters. The molecule has 2 aromatic rings. The zero-order valence-electron chi connectivity index (χ0n) is 17.1. The molecule has 6 heteroatoms. The summed E-state index contributed by atoms with van der Waals surface area (Å²) < 4.78 is 11.0. The van der Waals surface area contributed by atoms with E-state index < -0.39 is 5.60 Å². The largest absolute Gasteiger partial charge is 0.495 e. The number of aryl methyl sites for hydroxylation is 1. The molecular formula is C23H28N2O4. The minimum Gasteiger partial charge on any atom is -0.495 e. The van der Waals surface area contributed by atoms with Crippen molar-refractivity contribution in [1.29, 1.82) is 0 Å². The van der Waals surface area contributed by atoms with E-state index in [4.69, 9.17) is 9.47 Å². The van der Waals surface area contributed by atoms with Crippen LogP contribution in [-0.4, -0.2) is 62.4 Å². The average Bonchev–Trinajstić information content (AvgIpc) is 3.17. The Morgan fingerprint density at radius 3 is 2.52 bits per heavy atom. The van der Waals surface area contributed by atoms with E-state index in [0.717, 1.165) is 35.7 Å². The molecule has 0 aromatic heterocycles. The lowest BCUT2D eigenvalue weighted by Crippen LogP contribution is -2.37. The summed E-state index contributed by atoms with van der Waals surface area (Å²) in [5.41, 5.74) is 2.54. The van der Waals surface area contributed by atoms with Crippen LogP contribution >= 0.6 is 0 Å². The number of nitrogens with zero attached hydrogens (tertiary/aromatic N) is 2. The van der Waals surface area contributed by atoms with Crippen LogP contribution in [0, 0.1) is 6.92 Å². The molecule has 2 saturated heterocycles. The monoisotopic (exact) mass is 396 g/mol. The van der Waals surface area contributed by atoms with Gasteiger partial charge in [-0.3, -0.25) is 4.79 Å². The van der Waals surface area contributed by atoms with Gasteiger partial charge in [0, 0.05) is 25.2 Å². The highest BCUT2D eigenvalue weighted by Crippen LogP contribution is 2.34. The second-order valence-electron chi connectivity index (χ2n) is 7.86. The molecule has 0 aliphatic carbocycles. The number of benzene rings is 2. The SMILES string of the molecule is COc1ccc(C(=O)N2CCC(O)(c3ccc(C)cc3)C2)cc1N1CCOCC1. The minimum atomic E-state index is -0.997. The standard InChI is InChI=1S/C23H28N2O4/c1-17-3-6-19(7-4-17)23(27)9-10-25(16-23)22(26)18-5-8-21(28-2)20(15-18)24-11-13-29-14-12-24/h3-8,15,27H,9-14,16H2,1-2H3. The van der Waals surface area contributed by atoms with Gasteiger partial charge in [0.05, 0.1) is 32.6 Å². The zero-order chi connectivity index (χ0) is 20.4. The number of ether oxygens (including phenoxy) is 2. The number of morpholine rings is 1. The number of carbonyl (C=O) groups is 1. The first kappa shape index (κ1) is 19.7.